The molecule has 0 radical (unpaired) electrons. The predicted octanol–water partition coefficient (Wildman–Crippen LogP) is 1.95. The molecular formula is C13H17NO2. The SMILES string of the molecule is CC(C(=O)O)c1ccccc1C1CCNC1. The second-order valence-electron chi connectivity index (χ2n) is 4.38. The lowest BCUT2D eigenvalue weighted by molar-refractivity contribution is -0.138. The van der Waals surface area contributed by atoms with Gasteiger partial charge in [-0.05, 0) is 36.9 Å². The van der Waals surface area contributed by atoms with Gasteiger partial charge in [-0.3, -0.25) is 4.79 Å². The number of hydrogen-bond acceptors (Lipinski definition) is 2. The molecule has 0 saturated carbocycles. The topological polar surface area (TPSA) is 49.3 Å². The van der Waals surface area contributed by atoms with E-state index in [0.29, 0.717) is 5.92 Å². The third kappa shape index (κ3) is 2.09. The van der Waals surface area contributed by atoms with Crippen LogP contribution in [0.1, 0.15) is 36.3 Å². The van der Waals surface area contributed by atoms with Crippen molar-refractivity contribution in [3.8, 4) is 0 Å². The average Bonchev–Trinajstić information content (AvgIpc) is 2.81. The fourth-order valence-corrected chi connectivity index (χ4v) is 2.33. The van der Waals surface area contributed by atoms with E-state index in [9.17, 15) is 4.79 Å². The maximum atomic E-state index is 11.1. The minimum atomic E-state index is -0.751. The molecule has 0 bridgehead atoms. The number of carboxylic acids is 1. The van der Waals surface area contributed by atoms with Gasteiger partial charge in [0.2, 0.25) is 0 Å². The summed E-state index contributed by atoms with van der Waals surface area (Å²) in [6.07, 6.45) is 1.10. The average molecular weight is 219 g/mol. The van der Waals surface area contributed by atoms with E-state index < -0.39 is 11.9 Å². The van der Waals surface area contributed by atoms with Crippen LogP contribution >= 0.6 is 0 Å². The smallest absolute Gasteiger partial charge is 0.310 e. The quantitative estimate of drug-likeness (QED) is 0.817. The Kier molecular flexibility index (Phi) is 3.25. The highest BCUT2D eigenvalue weighted by atomic mass is 16.4. The monoisotopic (exact) mass is 219 g/mol. The third-order valence-electron chi connectivity index (χ3n) is 3.33. The number of carboxylic acid groups (broad SMARTS) is 1. The molecule has 1 fully saturated rings. The summed E-state index contributed by atoms with van der Waals surface area (Å²) < 4.78 is 0. The lowest BCUT2D eigenvalue weighted by atomic mass is 9.88. The van der Waals surface area contributed by atoms with E-state index >= 15 is 0 Å². The van der Waals surface area contributed by atoms with Crippen molar-refractivity contribution in [2.24, 2.45) is 0 Å². The second kappa shape index (κ2) is 4.66. The first-order valence-electron chi connectivity index (χ1n) is 5.72. The third-order valence-corrected chi connectivity index (χ3v) is 3.33. The van der Waals surface area contributed by atoms with Gasteiger partial charge in [0, 0.05) is 6.54 Å². The fourth-order valence-electron chi connectivity index (χ4n) is 2.33. The molecule has 2 atom stereocenters. The van der Waals surface area contributed by atoms with Gasteiger partial charge in [0.1, 0.15) is 0 Å². The number of benzene rings is 1. The molecule has 86 valence electrons. The van der Waals surface area contributed by atoms with Crippen LogP contribution in [0.2, 0.25) is 0 Å². The molecule has 2 rings (SSSR count). The Morgan fingerprint density at radius 1 is 1.50 bits per heavy atom. The van der Waals surface area contributed by atoms with Crippen LogP contribution in [-0.4, -0.2) is 24.2 Å². The van der Waals surface area contributed by atoms with Crippen molar-refractivity contribution in [3.63, 3.8) is 0 Å². The first-order valence-corrected chi connectivity index (χ1v) is 5.72. The van der Waals surface area contributed by atoms with Gasteiger partial charge < -0.3 is 10.4 Å². The molecular weight excluding hydrogens is 202 g/mol. The highest BCUT2D eigenvalue weighted by molar-refractivity contribution is 5.76. The standard InChI is InChI=1S/C13H17NO2/c1-9(13(15)16)11-4-2-3-5-12(11)10-6-7-14-8-10/h2-5,9-10,14H,6-8H2,1H3,(H,15,16). The molecule has 0 amide bonds. The van der Waals surface area contributed by atoms with E-state index in [-0.39, 0.29) is 0 Å². The van der Waals surface area contributed by atoms with E-state index in [0.717, 1.165) is 25.1 Å². The van der Waals surface area contributed by atoms with Crippen molar-refractivity contribution in [3.05, 3.63) is 35.4 Å². The van der Waals surface area contributed by atoms with Gasteiger partial charge >= 0.3 is 5.97 Å². The molecule has 2 N–H and O–H groups in total. The summed E-state index contributed by atoms with van der Waals surface area (Å²) in [7, 11) is 0. The Morgan fingerprint density at radius 2 is 2.25 bits per heavy atom. The molecule has 0 aliphatic carbocycles. The van der Waals surface area contributed by atoms with Crippen LogP contribution in [0.5, 0.6) is 0 Å². The Morgan fingerprint density at radius 3 is 2.88 bits per heavy atom. The number of aliphatic carboxylic acids is 1. The zero-order chi connectivity index (χ0) is 11.5. The largest absolute Gasteiger partial charge is 0.481 e. The molecule has 1 aromatic carbocycles. The van der Waals surface area contributed by atoms with Crippen molar-refractivity contribution < 1.29 is 9.90 Å². The molecule has 3 heteroatoms. The summed E-state index contributed by atoms with van der Waals surface area (Å²) in [6, 6.07) is 7.91. The molecule has 1 aliphatic heterocycles. The van der Waals surface area contributed by atoms with Crippen LogP contribution in [0.3, 0.4) is 0 Å². The van der Waals surface area contributed by atoms with Crippen molar-refractivity contribution >= 4 is 5.97 Å². The molecule has 0 spiro atoms. The summed E-state index contributed by atoms with van der Waals surface area (Å²) in [5, 5.41) is 12.4. The van der Waals surface area contributed by atoms with E-state index in [4.69, 9.17) is 5.11 Å². The number of rotatable bonds is 3. The van der Waals surface area contributed by atoms with Crippen LogP contribution in [-0.2, 0) is 4.79 Å². The summed E-state index contributed by atoms with van der Waals surface area (Å²) in [4.78, 5) is 11.1. The minimum absolute atomic E-state index is 0.420. The molecule has 2 unspecified atom stereocenters. The van der Waals surface area contributed by atoms with Gasteiger partial charge in [-0.15, -0.1) is 0 Å². The Balaban J connectivity index is 2.33. The molecule has 0 aromatic heterocycles. The lowest BCUT2D eigenvalue weighted by Crippen LogP contribution is -2.13. The van der Waals surface area contributed by atoms with Gasteiger partial charge in [0.25, 0.3) is 0 Å². The van der Waals surface area contributed by atoms with Crippen LogP contribution in [0.4, 0.5) is 0 Å². The molecule has 1 aliphatic rings. The van der Waals surface area contributed by atoms with E-state index in [1.165, 1.54) is 5.56 Å². The Hall–Kier alpha value is -1.35. The number of nitrogens with one attached hydrogen (secondary N) is 1. The van der Waals surface area contributed by atoms with Gasteiger partial charge in [0.05, 0.1) is 5.92 Å². The molecule has 16 heavy (non-hydrogen) atoms. The Labute approximate surface area is 95.5 Å². The van der Waals surface area contributed by atoms with Crippen LogP contribution < -0.4 is 5.32 Å². The molecule has 1 heterocycles. The van der Waals surface area contributed by atoms with Crippen molar-refractivity contribution in [1.82, 2.24) is 5.32 Å². The number of carbonyl (C=O) groups is 1. The maximum Gasteiger partial charge on any atom is 0.310 e. The van der Waals surface area contributed by atoms with Crippen LogP contribution in [0, 0.1) is 0 Å². The summed E-state index contributed by atoms with van der Waals surface area (Å²) in [5.41, 5.74) is 2.16. The van der Waals surface area contributed by atoms with Crippen LogP contribution in [0.25, 0.3) is 0 Å². The summed E-state index contributed by atoms with van der Waals surface area (Å²) in [5.74, 6) is -0.701. The van der Waals surface area contributed by atoms with E-state index in [1.54, 1.807) is 6.92 Å². The zero-order valence-electron chi connectivity index (χ0n) is 9.44. The van der Waals surface area contributed by atoms with Gasteiger partial charge in [0.15, 0.2) is 0 Å². The first-order chi connectivity index (χ1) is 7.70. The number of hydrogen-bond donors (Lipinski definition) is 2. The van der Waals surface area contributed by atoms with Crippen LogP contribution in [0.15, 0.2) is 24.3 Å². The highest BCUT2D eigenvalue weighted by Gasteiger charge is 2.23. The molecule has 1 aromatic rings. The fraction of sp³-hybridized carbons (Fsp3) is 0.462. The Bertz CT molecular complexity index is 383. The maximum absolute atomic E-state index is 11.1. The summed E-state index contributed by atoms with van der Waals surface area (Å²) >= 11 is 0. The predicted molar refractivity (Wildman–Crippen MR) is 62.7 cm³/mol. The van der Waals surface area contributed by atoms with Gasteiger partial charge in [-0.2, -0.15) is 0 Å². The van der Waals surface area contributed by atoms with Gasteiger partial charge in [-0.1, -0.05) is 24.3 Å². The van der Waals surface area contributed by atoms with Crippen molar-refractivity contribution in [2.75, 3.05) is 13.1 Å². The van der Waals surface area contributed by atoms with E-state index in [2.05, 4.69) is 11.4 Å². The normalized spacial score (nSPS) is 21.9. The lowest BCUT2D eigenvalue weighted by Gasteiger charge is -2.17. The zero-order valence-corrected chi connectivity index (χ0v) is 9.44. The molecule has 3 nitrogen and oxygen atoms in total. The van der Waals surface area contributed by atoms with Crippen molar-refractivity contribution in [1.29, 1.82) is 0 Å². The highest BCUT2D eigenvalue weighted by Crippen LogP contribution is 2.30. The second-order valence-corrected chi connectivity index (χ2v) is 4.38. The first kappa shape index (κ1) is 11.1. The summed E-state index contributed by atoms with van der Waals surface area (Å²) in [6.45, 7) is 3.74. The van der Waals surface area contributed by atoms with E-state index in [1.807, 2.05) is 18.2 Å². The van der Waals surface area contributed by atoms with Crippen molar-refractivity contribution in [2.45, 2.75) is 25.2 Å². The molecule has 1 saturated heterocycles. The minimum Gasteiger partial charge on any atom is -0.481 e. The van der Waals surface area contributed by atoms with Gasteiger partial charge in [-0.25, -0.2) is 0 Å².